The number of carbonyl (C=O) groups is 1. The molecule has 0 spiro atoms. The molecule has 0 bridgehead atoms. The second-order valence-corrected chi connectivity index (χ2v) is 6.32. The molecule has 0 aliphatic carbocycles. The minimum atomic E-state index is -0.0705. The van der Waals surface area contributed by atoms with Gasteiger partial charge in [-0.25, -0.2) is 0 Å². The zero-order chi connectivity index (χ0) is 15.4. The zero-order valence-corrected chi connectivity index (χ0v) is 13.3. The number of carbonyl (C=O) groups excluding carboxylic acids is 1. The van der Waals surface area contributed by atoms with Crippen molar-refractivity contribution >= 4 is 46.0 Å². The van der Waals surface area contributed by atoms with Crippen LogP contribution >= 0.6 is 24.0 Å². The summed E-state index contributed by atoms with van der Waals surface area (Å²) in [4.78, 5) is 14.7. The Bertz CT molecular complexity index is 751. The molecule has 1 fully saturated rings. The summed E-state index contributed by atoms with van der Waals surface area (Å²) >= 11 is 6.65. The predicted molar refractivity (Wildman–Crippen MR) is 97.7 cm³/mol. The van der Waals surface area contributed by atoms with Crippen molar-refractivity contribution in [3.8, 4) is 0 Å². The van der Waals surface area contributed by atoms with Gasteiger partial charge in [-0.2, -0.15) is 0 Å². The largest absolute Gasteiger partial charge is 0.270 e. The number of thioether (sulfide) groups is 1. The Kier molecular flexibility index (Phi) is 4.51. The lowest BCUT2D eigenvalue weighted by Crippen LogP contribution is -2.27. The van der Waals surface area contributed by atoms with Crippen LogP contribution in [0.5, 0.6) is 0 Å². The van der Waals surface area contributed by atoms with E-state index in [-0.39, 0.29) is 5.91 Å². The summed E-state index contributed by atoms with van der Waals surface area (Å²) in [7, 11) is 0. The summed E-state index contributed by atoms with van der Waals surface area (Å²) in [5.41, 5.74) is 1.90. The molecule has 0 aromatic heterocycles. The topological polar surface area (TPSA) is 20.3 Å². The highest BCUT2D eigenvalue weighted by atomic mass is 32.2. The Morgan fingerprint density at radius 3 is 2.27 bits per heavy atom. The Morgan fingerprint density at radius 2 is 1.59 bits per heavy atom. The highest BCUT2D eigenvalue weighted by Crippen LogP contribution is 2.34. The summed E-state index contributed by atoms with van der Waals surface area (Å²) in [5, 5.41) is 0. The molecule has 2 nitrogen and oxygen atoms in total. The Labute approximate surface area is 139 Å². The lowest BCUT2D eigenvalue weighted by atomic mass is 10.2. The summed E-state index contributed by atoms with van der Waals surface area (Å²) in [6.07, 6.45) is 5.66. The summed E-state index contributed by atoms with van der Waals surface area (Å²) in [6.45, 7) is 0. The number of para-hydroxylation sites is 1. The van der Waals surface area contributed by atoms with Crippen molar-refractivity contribution in [3.05, 3.63) is 83.3 Å². The molecule has 1 saturated heterocycles. The van der Waals surface area contributed by atoms with Crippen molar-refractivity contribution in [2.24, 2.45) is 0 Å². The highest BCUT2D eigenvalue weighted by Gasteiger charge is 2.32. The second kappa shape index (κ2) is 6.73. The fourth-order valence-electron chi connectivity index (χ4n) is 2.09. The third-order valence-electron chi connectivity index (χ3n) is 3.14. The molecule has 0 saturated carbocycles. The molecule has 2 aromatic carbocycles. The SMILES string of the molecule is O=C1/C(=C/C=C\c2ccccc2)SC(=S)N1c1ccccc1. The van der Waals surface area contributed by atoms with E-state index in [1.54, 1.807) is 4.90 Å². The zero-order valence-electron chi connectivity index (χ0n) is 11.7. The molecule has 0 N–H and O–H groups in total. The Balaban J connectivity index is 1.79. The van der Waals surface area contributed by atoms with Crippen molar-refractivity contribution in [1.29, 1.82) is 0 Å². The van der Waals surface area contributed by atoms with Crippen molar-refractivity contribution in [2.75, 3.05) is 4.90 Å². The van der Waals surface area contributed by atoms with Gasteiger partial charge >= 0.3 is 0 Å². The van der Waals surface area contributed by atoms with Gasteiger partial charge in [-0.3, -0.25) is 9.69 Å². The third kappa shape index (κ3) is 3.18. The third-order valence-corrected chi connectivity index (χ3v) is 4.46. The van der Waals surface area contributed by atoms with Crippen LogP contribution < -0.4 is 4.90 Å². The molecule has 2 aromatic rings. The molecular weight excluding hydrogens is 310 g/mol. The summed E-state index contributed by atoms with van der Waals surface area (Å²) < 4.78 is 0.565. The van der Waals surface area contributed by atoms with Gasteiger partial charge in [0.05, 0.1) is 10.6 Å². The number of hydrogen-bond donors (Lipinski definition) is 0. The lowest BCUT2D eigenvalue weighted by molar-refractivity contribution is -0.113. The fraction of sp³-hybridized carbons (Fsp3) is 0. The van der Waals surface area contributed by atoms with Gasteiger partial charge in [0.25, 0.3) is 5.91 Å². The average Bonchev–Trinajstić information content (AvgIpc) is 2.83. The first-order valence-electron chi connectivity index (χ1n) is 6.80. The predicted octanol–water partition coefficient (Wildman–Crippen LogP) is 4.65. The maximum atomic E-state index is 12.5. The first kappa shape index (κ1) is 14.8. The van der Waals surface area contributed by atoms with E-state index in [4.69, 9.17) is 12.2 Å². The highest BCUT2D eigenvalue weighted by molar-refractivity contribution is 8.27. The van der Waals surface area contributed by atoms with Crippen LogP contribution in [0, 0.1) is 0 Å². The molecule has 1 amide bonds. The molecule has 108 valence electrons. The van der Waals surface area contributed by atoms with E-state index < -0.39 is 0 Å². The summed E-state index contributed by atoms with van der Waals surface area (Å²) in [5.74, 6) is -0.0705. The molecule has 3 rings (SSSR count). The minimum absolute atomic E-state index is 0.0705. The number of benzene rings is 2. The average molecular weight is 323 g/mol. The van der Waals surface area contributed by atoms with Crippen molar-refractivity contribution < 1.29 is 4.79 Å². The number of thiocarbonyl (C=S) groups is 1. The van der Waals surface area contributed by atoms with Crippen LogP contribution in [0.25, 0.3) is 6.08 Å². The van der Waals surface area contributed by atoms with Gasteiger partial charge in [-0.15, -0.1) is 0 Å². The monoisotopic (exact) mass is 323 g/mol. The minimum Gasteiger partial charge on any atom is -0.268 e. The van der Waals surface area contributed by atoms with E-state index in [1.807, 2.05) is 78.9 Å². The number of anilines is 1. The van der Waals surface area contributed by atoms with E-state index in [9.17, 15) is 4.79 Å². The lowest BCUT2D eigenvalue weighted by Gasteiger charge is -2.13. The first-order chi connectivity index (χ1) is 10.8. The van der Waals surface area contributed by atoms with Crippen LogP contribution in [-0.4, -0.2) is 10.2 Å². The van der Waals surface area contributed by atoms with Gasteiger partial charge in [-0.1, -0.05) is 84.7 Å². The van der Waals surface area contributed by atoms with Gasteiger partial charge in [-0.05, 0) is 23.8 Å². The number of allylic oxidation sites excluding steroid dienone is 2. The number of nitrogens with zero attached hydrogens (tertiary/aromatic N) is 1. The molecule has 22 heavy (non-hydrogen) atoms. The van der Waals surface area contributed by atoms with Gasteiger partial charge < -0.3 is 0 Å². The number of hydrogen-bond acceptors (Lipinski definition) is 3. The van der Waals surface area contributed by atoms with Crippen molar-refractivity contribution in [2.45, 2.75) is 0 Å². The Morgan fingerprint density at radius 1 is 0.955 bits per heavy atom. The van der Waals surface area contributed by atoms with E-state index in [0.29, 0.717) is 9.23 Å². The fourth-order valence-corrected chi connectivity index (χ4v) is 3.34. The molecule has 4 heteroatoms. The number of amides is 1. The van der Waals surface area contributed by atoms with E-state index in [1.165, 1.54) is 11.8 Å². The van der Waals surface area contributed by atoms with E-state index in [2.05, 4.69) is 0 Å². The van der Waals surface area contributed by atoms with E-state index >= 15 is 0 Å². The normalized spacial score (nSPS) is 16.9. The van der Waals surface area contributed by atoms with E-state index in [0.717, 1.165) is 11.3 Å². The molecule has 1 heterocycles. The smallest absolute Gasteiger partial charge is 0.268 e. The van der Waals surface area contributed by atoms with Crippen LogP contribution in [-0.2, 0) is 4.79 Å². The second-order valence-electron chi connectivity index (χ2n) is 4.64. The van der Waals surface area contributed by atoms with Crippen LogP contribution in [0.4, 0.5) is 5.69 Å². The molecule has 1 aliphatic heterocycles. The quantitative estimate of drug-likeness (QED) is 0.606. The standard InChI is InChI=1S/C18H13NOS2/c20-17-16(13-7-10-14-8-3-1-4-9-14)22-18(21)19(17)15-11-5-2-6-12-15/h1-13H/b10-7-,16-13-. The molecule has 1 aliphatic rings. The Hall–Kier alpha value is -2.17. The molecule has 0 atom stereocenters. The maximum Gasteiger partial charge on any atom is 0.270 e. The maximum absolute atomic E-state index is 12.5. The van der Waals surface area contributed by atoms with Crippen LogP contribution in [0.2, 0.25) is 0 Å². The van der Waals surface area contributed by atoms with Crippen molar-refractivity contribution in [3.63, 3.8) is 0 Å². The van der Waals surface area contributed by atoms with Crippen molar-refractivity contribution in [1.82, 2.24) is 0 Å². The van der Waals surface area contributed by atoms with Crippen LogP contribution in [0.1, 0.15) is 5.56 Å². The van der Waals surface area contributed by atoms with Crippen LogP contribution in [0.15, 0.2) is 77.7 Å². The first-order valence-corrected chi connectivity index (χ1v) is 8.03. The molecular formula is C18H13NOS2. The van der Waals surface area contributed by atoms with Gasteiger partial charge in [0.1, 0.15) is 0 Å². The molecule has 0 radical (unpaired) electrons. The van der Waals surface area contributed by atoms with Gasteiger partial charge in [0.15, 0.2) is 4.32 Å². The summed E-state index contributed by atoms with van der Waals surface area (Å²) in [6, 6.07) is 19.4. The molecule has 0 unspecified atom stereocenters. The number of rotatable bonds is 3. The van der Waals surface area contributed by atoms with Gasteiger partial charge in [0.2, 0.25) is 0 Å². The van der Waals surface area contributed by atoms with Gasteiger partial charge in [0, 0.05) is 0 Å². The van der Waals surface area contributed by atoms with Crippen LogP contribution in [0.3, 0.4) is 0 Å².